The molecule has 0 saturated carbocycles. The lowest BCUT2D eigenvalue weighted by Crippen LogP contribution is -2.26. The monoisotopic (exact) mass is 281 g/mol. The third kappa shape index (κ3) is 3.47. The number of ether oxygens (including phenoxy) is 1. The molecule has 19 heavy (non-hydrogen) atoms. The zero-order chi connectivity index (χ0) is 13.8. The van der Waals surface area contributed by atoms with Crippen molar-refractivity contribution in [2.45, 2.75) is 19.4 Å². The highest BCUT2D eigenvalue weighted by molar-refractivity contribution is 7.98. The molecule has 1 unspecified atom stereocenters. The molecule has 2 rings (SSSR count). The summed E-state index contributed by atoms with van der Waals surface area (Å²) >= 11 is 1.82. The minimum atomic E-state index is -0.140. The zero-order valence-corrected chi connectivity index (χ0v) is 12.0. The molecule has 6 heteroatoms. The summed E-state index contributed by atoms with van der Waals surface area (Å²) in [6.45, 7) is 2.16. The van der Waals surface area contributed by atoms with Crippen LogP contribution in [0.2, 0.25) is 0 Å². The number of thioether (sulfide) groups is 1. The van der Waals surface area contributed by atoms with Crippen molar-refractivity contribution in [2.75, 3.05) is 35.0 Å². The van der Waals surface area contributed by atoms with Crippen LogP contribution in [-0.4, -0.2) is 30.6 Å². The SMILES string of the molecule is CSCCC(C)Nc1cc2c(cc1N)OCC(=O)N2. The van der Waals surface area contributed by atoms with Crippen molar-refractivity contribution in [3.8, 4) is 5.75 Å². The van der Waals surface area contributed by atoms with E-state index >= 15 is 0 Å². The van der Waals surface area contributed by atoms with E-state index in [-0.39, 0.29) is 12.5 Å². The number of carbonyl (C=O) groups is 1. The molecule has 0 aromatic heterocycles. The van der Waals surface area contributed by atoms with Gasteiger partial charge in [-0.05, 0) is 31.4 Å². The highest BCUT2D eigenvalue weighted by Gasteiger charge is 2.18. The summed E-state index contributed by atoms with van der Waals surface area (Å²) in [6.07, 6.45) is 3.15. The van der Waals surface area contributed by atoms with Crippen LogP contribution in [0.3, 0.4) is 0 Å². The Morgan fingerprint density at radius 1 is 1.58 bits per heavy atom. The lowest BCUT2D eigenvalue weighted by atomic mass is 10.1. The van der Waals surface area contributed by atoms with Gasteiger partial charge in [-0.25, -0.2) is 0 Å². The molecule has 0 fully saturated rings. The van der Waals surface area contributed by atoms with Gasteiger partial charge < -0.3 is 21.1 Å². The molecule has 5 nitrogen and oxygen atoms in total. The molecule has 1 aromatic carbocycles. The van der Waals surface area contributed by atoms with Crippen molar-refractivity contribution in [1.82, 2.24) is 0 Å². The van der Waals surface area contributed by atoms with Crippen LogP contribution < -0.4 is 21.1 Å². The van der Waals surface area contributed by atoms with Gasteiger partial charge in [-0.15, -0.1) is 0 Å². The molecule has 1 amide bonds. The molecule has 0 bridgehead atoms. The highest BCUT2D eigenvalue weighted by Crippen LogP contribution is 2.35. The Hall–Kier alpha value is -1.56. The first-order valence-electron chi connectivity index (χ1n) is 6.22. The quantitative estimate of drug-likeness (QED) is 0.721. The standard InChI is InChI=1S/C13H19N3O2S/c1-8(3-4-19-2)15-10-6-11-12(5-9(10)14)18-7-13(17)16-11/h5-6,8,15H,3-4,7,14H2,1-2H3,(H,16,17). The number of anilines is 3. The van der Waals surface area contributed by atoms with E-state index in [1.165, 1.54) is 0 Å². The van der Waals surface area contributed by atoms with Gasteiger partial charge in [-0.3, -0.25) is 4.79 Å². The molecule has 1 aromatic rings. The van der Waals surface area contributed by atoms with Crippen LogP contribution >= 0.6 is 11.8 Å². The van der Waals surface area contributed by atoms with Gasteiger partial charge in [-0.2, -0.15) is 11.8 Å². The molecular weight excluding hydrogens is 262 g/mol. The van der Waals surface area contributed by atoms with Gasteiger partial charge >= 0.3 is 0 Å². The van der Waals surface area contributed by atoms with Crippen molar-refractivity contribution in [1.29, 1.82) is 0 Å². The van der Waals surface area contributed by atoms with Gasteiger partial charge in [0.05, 0.1) is 17.1 Å². The molecule has 1 aliphatic rings. The predicted octanol–water partition coefficient (Wildman–Crippen LogP) is 2.15. The van der Waals surface area contributed by atoms with E-state index in [2.05, 4.69) is 23.8 Å². The van der Waals surface area contributed by atoms with Crippen molar-refractivity contribution in [3.05, 3.63) is 12.1 Å². The number of nitrogen functional groups attached to an aromatic ring is 1. The molecule has 0 saturated heterocycles. The minimum absolute atomic E-state index is 0.0450. The predicted molar refractivity (Wildman–Crippen MR) is 81.1 cm³/mol. The van der Waals surface area contributed by atoms with E-state index in [1.54, 1.807) is 6.07 Å². The number of nitrogens with two attached hydrogens (primary N) is 1. The number of fused-ring (bicyclic) bond motifs is 1. The van der Waals surface area contributed by atoms with Gasteiger partial charge in [0.25, 0.3) is 5.91 Å². The lowest BCUT2D eigenvalue weighted by molar-refractivity contribution is -0.118. The Morgan fingerprint density at radius 3 is 3.11 bits per heavy atom. The lowest BCUT2D eigenvalue weighted by Gasteiger charge is -2.22. The number of amides is 1. The molecule has 104 valence electrons. The Balaban J connectivity index is 2.12. The molecule has 1 aliphatic heterocycles. The van der Waals surface area contributed by atoms with E-state index in [1.807, 2.05) is 17.8 Å². The maximum Gasteiger partial charge on any atom is 0.262 e. The molecule has 1 atom stereocenters. The zero-order valence-electron chi connectivity index (χ0n) is 11.2. The minimum Gasteiger partial charge on any atom is -0.482 e. The Kier molecular flexibility index (Phi) is 4.42. The summed E-state index contributed by atoms with van der Waals surface area (Å²) in [7, 11) is 0. The topological polar surface area (TPSA) is 76.4 Å². The summed E-state index contributed by atoms with van der Waals surface area (Å²) < 4.78 is 5.32. The molecule has 0 aliphatic carbocycles. The third-order valence-corrected chi connectivity index (χ3v) is 3.59. The largest absolute Gasteiger partial charge is 0.482 e. The van der Waals surface area contributed by atoms with Gasteiger partial charge in [0.2, 0.25) is 0 Å². The van der Waals surface area contributed by atoms with E-state index in [0.717, 1.165) is 17.9 Å². The first-order valence-corrected chi connectivity index (χ1v) is 7.61. The Bertz CT molecular complexity index is 479. The molecule has 0 spiro atoms. The maximum atomic E-state index is 11.3. The first-order chi connectivity index (χ1) is 9.10. The Labute approximate surface area is 117 Å². The normalized spacial score (nSPS) is 15.2. The second-order valence-electron chi connectivity index (χ2n) is 4.60. The molecular formula is C13H19N3O2S. The van der Waals surface area contributed by atoms with Crippen molar-refractivity contribution in [3.63, 3.8) is 0 Å². The summed E-state index contributed by atoms with van der Waals surface area (Å²) in [5.74, 6) is 1.58. The van der Waals surface area contributed by atoms with Crippen LogP contribution in [0.25, 0.3) is 0 Å². The van der Waals surface area contributed by atoms with Crippen LogP contribution in [-0.2, 0) is 4.79 Å². The number of hydrogen-bond donors (Lipinski definition) is 3. The van der Waals surface area contributed by atoms with Gasteiger partial charge in [-0.1, -0.05) is 0 Å². The summed E-state index contributed by atoms with van der Waals surface area (Å²) in [6, 6.07) is 3.91. The Morgan fingerprint density at radius 2 is 2.37 bits per heavy atom. The average Bonchev–Trinajstić information content (AvgIpc) is 2.38. The van der Waals surface area contributed by atoms with Crippen molar-refractivity contribution in [2.24, 2.45) is 0 Å². The van der Waals surface area contributed by atoms with Crippen LogP contribution in [0.1, 0.15) is 13.3 Å². The van der Waals surface area contributed by atoms with Crippen LogP contribution in [0.15, 0.2) is 12.1 Å². The average molecular weight is 281 g/mol. The van der Waals surface area contributed by atoms with Gasteiger partial charge in [0.1, 0.15) is 5.75 Å². The maximum absolute atomic E-state index is 11.3. The second-order valence-corrected chi connectivity index (χ2v) is 5.58. The number of nitrogens with one attached hydrogen (secondary N) is 2. The van der Waals surface area contributed by atoms with E-state index < -0.39 is 0 Å². The van der Waals surface area contributed by atoms with E-state index in [0.29, 0.717) is 23.2 Å². The van der Waals surface area contributed by atoms with Crippen LogP contribution in [0, 0.1) is 0 Å². The summed E-state index contributed by atoms with van der Waals surface area (Å²) in [5.41, 5.74) is 8.13. The van der Waals surface area contributed by atoms with Crippen molar-refractivity contribution >= 4 is 34.7 Å². The fourth-order valence-corrected chi connectivity index (χ4v) is 2.49. The first kappa shape index (κ1) is 13.9. The van der Waals surface area contributed by atoms with Crippen LogP contribution in [0.4, 0.5) is 17.1 Å². The summed E-state index contributed by atoms with van der Waals surface area (Å²) in [4.78, 5) is 11.3. The second kappa shape index (κ2) is 6.06. The number of rotatable bonds is 5. The van der Waals surface area contributed by atoms with E-state index in [4.69, 9.17) is 10.5 Å². The molecule has 0 radical (unpaired) electrons. The third-order valence-electron chi connectivity index (χ3n) is 2.94. The summed E-state index contributed by atoms with van der Waals surface area (Å²) in [5, 5.41) is 6.15. The fourth-order valence-electron chi connectivity index (χ4n) is 1.90. The van der Waals surface area contributed by atoms with Gasteiger partial charge in [0.15, 0.2) is 6.61 Å². The number of carbonyl (C=O) groups excluding carboxylic acids is 1. The fraction of sp³-hybridized carbons (Fsp3) is 0.462. The number of benzene rings is 1. The van der Waals surface area contributed by atoms with Gasteiger partial charge in [0, 0.05) is 12.1 Å². The molecule has 4 N–H and O–H groups in total. The van der Waals surface area contributed by atoms with Crippen LogP contribution in [0.5, 0.6) is 5.75 Å². The highest BCUT2D eigenvalue weighted by atomic mass is 32.2. The van der Waals surface area contributed by atoms with Crippen molar-refractivity contribution < 1.29 is 9.53 Å². The smallest absolute Gasteiger partial charge is 0.262 e. The number of hydrogen-bond acceptors (Lipinski definition) is 5. The molecule has 1 heterocycles. The van der Waals surface area contributed by atoms with E-state index in [9.17, 15) is 4.79 Å².